The molecule has 1 saturated heterocycles. The van der Waals surface area contributed by atoms with Crippen LogP contribution in [0.1, 0.15) is 40.0 Å². The number of carbonyl (C=O) groups excluding carboxylic acids is 1. The molecule has 0 amide bonds. The van der Waals surface area contributed by atoms with Gasteiger partial charge in [0, 0.05) is 26.7 Å². The molecule has 0 bridgehead atoms. The Morgan fingerprint density at radius 3 is 2.76 bits per heavy atom. The molecule has 1 N–H and O–H groups in total. The van der Waals surface area contributed by atoms with Gasteiger partial charge in [-0.25, -0.2) is 0 Å². The normalized spacial score (nSPS) is 19.2. The van der Waals surface area contributed by atoms with Gasteiger partial charge in [-0.3, -0.25) is 9.79 Å². The van der Waals surface area contributed by atoms with Crippen LogP contribution in [0.2, 0.25) is 0 Å². The average molecular weight is 411 g/mol. The molecule has 0 aromatic rings. The van der Waals surface area contributed by atoms with Crippen molar-refractivity contribution in [2.45, 2.75) is 40.0 Å². The predicted octanol–water partition coefficient (Wildman–Crippen LogP) is 2.50. The SMILES string of the molecule is CCOC(=O)C1CCCN(C(=NC)NCCC(C)C)C1.I. The number of piperidine rings is 1. The number of hydrogen-bond acceptors (Lipinski definition) is 3. The highest BCUT2D eigenvalue weighted by Gasteiger charge is 2.28. The van der Waals surface area contributed by atoms with Gasteiger partial charge in [-0.1, -0.05) is 13.8 Å². The van der Waals surface area contributed by atoms with Crippen molar-refractivity contribution in [1.82, 2.24) is 10.2 Å². The fraction of sp³-hybridized carbons (Fsp3) is 0.867. The smallest absolute Gasteiger partial charge is 0.310 e. The molecule has 21 heavy (non-hydrogen) atoms. The van der Waals surface area contributed by atoms with Crippen molar-refractivity contribution in [2.75, 3.05) is 33.3 Å². The van der Waals surface area contributed by atoms with Gasteiger partial charge in [-0.15, -0.1) is 24.0 Å². The van der Waals surface area contributed by atoms with E-state index < -0.39 is 0 Å². The summed E-state index contributed by atoms with van der Waals surface area (Å²) in [6.07, 6.45) is 3.04. The number of esters is 1. The Kier molecular flexibility index (Phi) is 10.8. The average Bonchev–Trinajstić information content (AvgIpc) is 2.44. The summed E-state index contributed by atoms with van der Waals surface area (Å²) in [5.41, 5.74) is 0. The van der Waals surface area contributed by atoms with Gasteiger partial charge in [0.2, 0.25) is 0 Å². The first kappa shape index (κ1) is 20.5. The summed E-state index contributed by atoms with van der Waals surface area (Å²) < 4.78 is 5.13. The molecule has 5 nitrogen and oxygen atoms in total. The third-order valence-corrected chi connectivity index (χ3v) is 3.56. The Morgan fingerprint density at radius 1 is 1.48 bits per heavy atom. The van der Waals surface area contributed by atoms with Gasteiger partial charge >= 0.3 is 5.97 Å². The number of likely N-dealkylation sites (tertiary alicyclic amines) is 1. The molecule has 1 atom stereocenters. The van der Waals surface area contributed by atoms with Gasteiger partial charge in [0.15, 0.2) is 5.96 Å². The lowest BCUT2D eigenvalue weighted by molar-refractivity contribution is -0.149. The molecule has 0 aromatic heterocycles. The van der Waals surface area contributed by atoms with Crippen LogP contribution in [0, 0.1) is 11.8 Å². The molecule has 0 saturated carbocycles. The van der Waals surface area contributed by atoms with Crippen molar-refractivity contribution < 1.29 is 9.53 Å². The van der Waals surface area contributed by atoms with Crippen molar-refractivity contribution in [1.29, 1.82) is 0 Å². The van der Waals surface area contributed by atoms with Gasteiger partial charge in [0.1, 0.15) is 0 Å². The van der Waals surface area contributed by atoms with Gasteiger partial charge < -0.3 is 15.0 Å². The van der Waals surface area contributed by atoms with Crippen LogP contribution in [0.15, 0.2) is 4.99 Å². The van der Waals surface area contributed by atoms with E-state index in [4.69, 9.17) is 4.74 Å². The van der Waals surface area contributed by atoms with Crippen LogP contribution in [-0.4, -0.2) is 50.1 Å². The van der Waals surface area contributed by atoms with Gasteiger partial charge in [-0.05, 0) is 32.1 Å². The van der Waals surface area contributed by atoms with Crippen LogP contribution in [-0.2, 0) is 9.53 Å². The molecule has 0 aromatic carbocycles. The van der Waals surface area contributed by atoms with E-state index in [1.807, 2.05) is 6.92 Å². The lowest BCUT2D eigenvalue weighted by atomic mass is 9.98. The van der Waals surface area contributed by atoms with E-state index in [0.717, 1.165) is 38.3 Å². The minimum absolute atomic E-state index is 0. The van der Waals surface area contributed by atoms with E-state index in [0.29, 0.717) is 19.1 Å². The summed E-state index contributed by atoms with van der Waals surface area (Å²) >= 11 is 0. The van der Waals surface area contributed by atoms with Crippen LogP contribution >= 0.6 is 24.0 Å². The molecule has 1 fully saturated rings. The van der Waals surface area contributed by atoms with Crippen molar-refractivity contribution in [3.05, 3.63) is 0 Å². The highest BCUT2D eigenvalue weighted by Crippen LogP contribution is 2.18. The second-order valence-corrected chi connectivity index (χ2v) is 5.69. The van der Waals surface area contributed by atoms with E-state index in [-0.39, 0.29) is 35.9 Å². The highest BCUT2D eigenvalue weighted by atomic mass is 127. The number of nitrogens with one attached hydrogen (secondary N) is 1. The summed E-state index contributed by atoms with van der Waals surface area (Å²) in [6.45, 7) is 9.31. The minimum atomic E-state index is -0.0742. The molecular weight excluding hydrogens is 381 g/mol. The molecule has 0 radical (unpaired) electrons. The van der Waals surface area contributed by atoms with E-state index in [1.165, 1.54) is 0 Å². The van der Waals surface area contributed by atoms with Gasteiger partial charge in [0.25, 0.3) is 0 Å². The molecule has 1 rings (SSSR count). The van der Waals surface area contributed by atoms with E-state index >= 15 is 0 Å². The lowest BCUT2D eigenvalue weighted by Crippen LogP contribution is -2.48. The number of carbonyl (C=O) groups is 1. The Labute approximate surface area is 145 Å². The maximum Gasteiger partial charge on any atom is 0.310 e. The van der Waals surface area contributed by atoms with Crippen LogP contribution < -0.4 is 5.32 Å². The van der Waals surface area contributed by atoms with Crippen LogP contribution in [0.5, 0.6) is 0 Å². The Morgan fingerprint density at radius 2 is 2.19 bits per heavy atom. The molecule has 1 unspecified atom stereocenters. The van der Waals surface area contributed by atoms with Gasteiger partial charge in [-0.2, -0.15) is 0 Å². The zero-order valence-corrected chi connectivity index (χ0v) is 16.1. The first-order chi connectivity index (χ1) is 9.58. The van der Waals surface area contributed by atoms with E-state index in [2.05, 4.69) is 29.1 Å². The van der Waals surface area contributed by atoms with Crippen LogP contribution in [0.25, 0.3) is 0 Å². The zero-order valence-electron chi connectivity index (χ0n) is 13.7. The fourth-order valence-electron chi connectivity index (χ4n) is 2.43. The third kappa shape index (κ3) is 7.33. The lowest BCUT2D eigenvalue weighted by Gasteiger charge is -2.34. The van der Waals surface area contributed by atoms with Crippen molar-refractivity contribution in [3.63, 3.8) is 0 Å². The van der Waals surface area contributed by atoms with E-state index in [1.54, 1.807) is 7.05 Å². The number of guanidine groups is 1. The number of rotatable bonds is 5. The number of hydrogen-bond donors (Lipinski definition) is 1. The van der Waals surface area contributed by atoms with Crippen LogP contribution in [0.3, 0.4) is 0 Å². The maximum absolute atomic E-state index is 11.8. The van der Waals surface area contributed by atoms with Crippen molar-refractivity contribution >= 4 is 35.9 Å². The second kappa shape index (κ2) is 11.1. The standard InChI is InChI=1S/C15H29N3O2.HI/c1-5-20-14(19)13-7-6-10-18(11-13)15(16-4)17-9-8-12(2)3;/h12-13H,5-11H2,1-4H3,(H,16,17);1H. The van der Waals surface area contributed by atoms with Gasteiger partial charge in [0.05, 0.1) is 12.5 Å². The molecule has 124 valence electrons. The summed E-state index contributed by atoms with van der Waals surface area (Å²) in [7, 11) is 1.80. The number of halogens is 1. The highest BCUT2D eigenvalue weighted by molar-refractivity contribution is 14.0. The first-order valence-electron chi connectivity index (χ1n) is 7.70. The largest absolute Gasteiger partial charge is 0.466 e. The molecule has 1 heterocycles. The van der Waals surface area contributed by atoms with E-state index in [9.17, 15) is 4.79 Å². The monoisotopic (exact) mass is 411 g/mol. The Hall–Kier alpha value is -0.530. The Balaban J connectivity index is 0.00000400. The predicted molar refractivity (Wildman–Crippen MR) is 97.2 cm³/mol. The quantitative estimate of drug-likeness (QED) is 0.327. The Bertz CT molecular complexity index is 335. The number of ether oxygens (including phenoxy) is 1. The number of nitrogens with zero attached hydrogens (tertiary/aromatic N) is 2. The van der Waals surface area contributed by atoms with Crippen LogP contribution in [0.4, 0.5) is 0 Å². The molecule has 0 spiro atoms. The maximum atomic E-state index is 11.8. The minimum Gasteiger partial charge on any atom is -0.466 e. The fourth-order valence-corrected chi connectivity index (χ4v) is 2.43. The van der Waals surface area contributed by atoms with Crippen molar-refractivity contribution in [2.24, 2.45) is 16.8 Å². The summed E-state index contributed by atoms with van der Waals surface area (Å²) in [4.78, 5) is 18.3. The molecule has 6 heteroatoms. The molecule has 1 aliphatic rings. The van der Waals surface area contributed by atoms with Crippen molar-refractivity contribution in [3.8, 4) is 0 Å². The molecule has 1 aliphatic heterocycles. The summed E-state index contributed by atoms with van der Waals surface area (Å²) in [5, 5.41) is 3.39. The molecular formula is C15H30IN3O2. The summed E-state index contributed by atoms with van der Waals surface area (Å²) in [6, 6.07) is 0. The molecule has 0 aliphatic carbocycles. The topological polar surface area (TPSA) is 53.9 Å². The summed E-state index contributed by atoms with van der Waals surface area (Å²) in [5.74, 6) is 1.48. The second-order valence-electron chi connectivity index (χ2n) is 5.69. The number of aliphatic imine (C=N–C) groups is 1. The third-order valence-electron chi connectivity index (χ3n) is 3.56. The zero-order chi connectivity index (χ0) is 15.0. The first-order valence-corrected chi connectivity index (χ1v) is 7.70.